The Kier molecular flexibility index (Phi) is 4.25. The van der Waals surface area contributed by atoms with E-state index in [1.54, 1.807) is 0 Å². The smallest absolute Gasteiger partial charge is 0.352 e. The van der Waals surface area contributed by atoms with Crippen molar-refractivity contribution in [1.29, 1.82) is 0 Å². The maximum absolute atomic E-state index is 13.5. The van der Waals surface area contributed by atoms with Crippen molar-refractivity contribution in [3.8, 4) is 0 Å². The van der Waals surface area contributed by atoms with Crippen molar-refractivity contribution in [2.45, 2.75) is 25.6 Å². The second kappa shape index (κ2) is 6.21. The van der Waals surface area contributed by atoms with Crippen molar-refractivity contribution in [3.05, 3.63) is 47.6 Å². The van der Waals surface area contributed by atoms with Gasteiger partial charge in [0, 0.05) is 31.9 Å². The van der Waals surface area contributed by atoms with Gasteiger partial charge in [0.25, 0.3) is 5.91 Å². The van der Waals surface area contributed by atoms with E-state index in [4.69, 9.17) is 0 Å². The predicted molar refractivity (Wildman–Crippen MR) is 75.6 cm³/mol. The maximum Gasteiger partial charge on any atom is 0.434 e. The lowest BCUT2D eigenvalue weighted by Crippen LogP contribution is -2.34. The van der Waals surface area contributed by atoms with Gasteiger partial charge in [-0.1, -0.05) is 0 Å². The number of nitrogens with one attached hydrogen (secondary N) is 1. The molecule has 3 rings (SSSR count). The quantitative estimate of drug-likeness (QED) is 0.872. The Hall–Kier alpha value is -2.45. The van der Waals surface area contributed by atoms with Gasteiger partial charge in [-0.2, -0.15) is 13.2 Å². The van der Waals surface area contributed by atoms with Crippen LogP contribution in [0, 0.1) is 11.7 Å². The zero-order chi connectivity index (χ0) is 17.3. The van der Waals surface area contributed by atoms with Crippen LogP contribution in [0.5, 0.6) is 0 Å². The molecule has 0 aliphatic carbocycles. The van der Waals surface area contributed by atoms with Gasteiger partial charge in [-0.3, -0.25) is 9.78 Å². The molecular formula is C15H14F4N4O. The number of fused-ring (bicyclic) bond motifs is 1. The van der Waals surface area contributed by atoms with E-state index in [2.05, 4.69) is 15.3 Å². The first-order valence-corrected chi connectivity index (χ1v) is 7.35. The van der Waals surface area contributed by atoms with Crippen LogP contribution < -0.4 is 5.32 Å². The average molecular weight is 342 g/mol. The van der Waals surface area contributed by atoms with Crippen LogP contribution in [-0.2, 0) is 19.1 Å². The summed E-state index contributed by atoms with van der Waals surface area (Å²) in [6.07, 6.45) is -0.201. The van der Waals surface area contributed by atoms with Crippen LogP contribution in [0.4, 0.5) is 17.6 Å². The maximum atomic E-state index is 13.5. The molecule has 0 fully saturated rings. The number of rotatable bonds is 3. The standard InChI is InChI=1S/C15H14F4N4O/c16-11-6-20-4-3-10(11)14(24)21-5-9-1-2-13-22-12(15(17,18)19)8-23(13)7-9/h3-4,6,8-9H,1-2,5,7H2,(H,21,24)/t9-/m1/s1. The Morgan fingerprint density at radius 2 is 2.21 bits per heavy atom. The van der Waals surface area contributed by atoms with Gasteiger partial charge < -0.3 is 9.88 Å². The summed E-state index contributed by atoms with van der Waals surface area (Å²) in [6.45, 7) is 0.580. The zero-order valence-electron chi connectivity index (χ0n) is 12.5. The highest BCUT2D eigenvalue weighted by molar-refractivity contribution is 5.94. The molecule has 1 aliphatic heterocycles. The first kappa shape index (κ1) is 16.4. The van der Waals surface area contributed by atoms with Crippen molar-refractivity contribution in [3.63, 3.8) is 0 Å². The van der Waals surface area contributed by atoms with Gasteiger partial charge >= 0.3 is 6.18 Å². The summed E-state index contributed by atoms with van der Waals surface area (Å²) in [5.74, 6) is -0.931. The predicted octanol–water partition coefficient (Wildman–Crippen LogP) is 2.43. The molecule has 128 valence electrons. The van der Waals surface area contributed by atoms with Gasteiger partial charge in [-0.05, 0) is 18.4 Å². The molecule has 0 saturated heterocycles. The van der Waals surface area contributed by atoms with Gasteiger partial charge in [0.05, 0.1) is 11.8 Å². The number of aryl methyl sites for hydroxylation is 1. The topological polar surface area (TPSA) is 59.8 Å². The van der Waals surface area contributed by atoms with Gasteiger partial charge in [0.15, 0.2) is 11.5 Å². The molecule has 9 heteroatoms. The normalized spacial score (nSPS) is 17.4. The van der Waals surface area contributed by atoms with E-state index in [9.17, 15) is 22.4 Å². The molecule has 3 heterocycles. The van der Waals surface area contributed by atoms with Gasteiger partial charge in [-0.25, -0.2) is 9.37 Å². The van der Waals surface area contributed by atoms with Crippen LogP contribution in [0.1, 0.15) is 28.3 Å². The molecule has 0 bridgehead atoms. The number of alkyl halides is 3. The van der Waals surface area contributed by atoms with Crippen LogP contribution in [0.3, 0.4) is 0 Å². The molecular weight excluding hydrogens is 328 g/mol. The number of aromatic nitrogens is 3. The fraction of sp³-hybridized carbons (Fsp3) is 0.400. The number of hydrogen-bond acceptors (Lipinski definition) is 3. The lowest BCUT2D eigenvalue weighted by molar-refractivity contribution is -0.141. The van der Waals surface area contributed by atoms with Crippen molar-refractivity contribution >= 4 is 5.91 Å². The summed E-state index contributed by atoms with van der Waals surface area (Å²) >= 11 is 0. The second-order valence-electron chi connectivity index (χ2n) is 5.66. The number of nitrogens with zero attached hydrogens (tertiary/aromatic N) is 3. The third-order valence-electron chi connectivity index (χ3n) is 3.95. The summed E-state index contributed by atoms with van der Waals surface area (Å²) in [6, 6.07) is 1.27. The van der Waals surface area contributed by atoms with Crippen LogP contribution in [0.25, 0.3) is 0 Å². The molecule has 2 aromatic rings. The minimum Gasteiger partial charge on any atom is -0.352 e. The summed E-state index contributed by atoms with van der Waals surface area (Å²) in [5, 5.41) is 2.61. The fourth-order valence-electron chi connectivity index (χ4n) is 2.71. The molecule has 0 radical (unpaired) electrons. The van der Waals surface area contributed by atoms with E-state index in [1.807, 2.05) is 0 Å². The van der Waals surface area contributed by atoms with E-state index in [1.165, 1.54) is 16.8 Å². The number of amides is 1. The molecule has 5 nitrogen and oxygen atoms in total. The van der Waals surface area contributed by atoms with Crippen molar-refractivity contribution in [2.24, 2.45) is 5.92 Å². The molecule has 1 aliphatic rings. The Morgan fingerprint density at radius 1 is 1.42 bits per heavy atom. The third kappa shape index (κ3) is 3.39. The monoisotopic (exact) mass is 342 g/mol. The number of hydrogen-bond donors (Lipinski definition) is 1. The minimum atomic E-state index is -4.47. The first-order valence-electron chi connectivity index (χ1n) is 7.35. The first-order chi connectivity index (χ1) is 11.3. The Bertz CT molecular complexity index is 756. The zero-order valence-corrected chi connectivity index (χ0v) is 12.5. The Morgan fingerprint density at radius 3 is 2.92 bits per heavy atom. The second-order valence-corrected chi connectivity index (χ2v) is 5.66. The van der Waals surface area contributed by atoms with E-state index < -0.39 is 23.6 Å². The lowest BCUT2D eigenvalue weighted by atomic mass is 9.99. The number of imidazole rings is 1. The molecule has 0 unspecified atom stereocenters. The average Bonchev–Trinajstić information content (AvgIpc) is 2.96. The molecule has 0 aromatic carbocycles. The van der Waals surface area contributed by atoms with Crippen molar-refractivity contribution < 1.29 is 22.4 Å². The molecule has 0 saturated carbocycles. The summed E-state index contributed by atoms with van der Waals surface area (Å²) in [4.78, 5) is 19.1. The minimum absolute atomic E-state index is 0.0402. The number of carbonyl (C=O) groups excluding carboxylic acids is 1. The van der Waals surface area contributed by atoms with E-state index in [0.717, 1.165) is 12.4 Å². The van der Waals surface area contributed by atoms with Crippen LogP contribution >= 0.6 is 0 Å². The molecule has 24 heavy (non-hydrogen) atoms. The molecule has 1 N–H and O–H groups in total. The van der Waals surface area contributed by atoms with Gasteiger partial charge in [-0.15, -0.1) is 0 Å². The van der Waals surface area contributed by atoms with Crippen LogP contribution in [-0.4, -0.2) is 27.0 Å². The lowest BCUT2D eigenvalue weighted by Gasteiger charge is -2.23. The van der Waals surface area contributed by atoms with Gasteiger partial charge in [0.2, 0.25) is 0 Å². The third-order valence-corrected chi connectivity index (χ3v) is 3.95. The molecule has 1 amide bonds. The summed E-state index contributed by atoms with van der Waals surface area (Å²) in [7, 11) is 0. The number of pyridine rings is 1. The highest BCUT2D eigenvalue weighted by atomic mass is 19.4. The highest BCUT2D eigenvalue weighted by Crippen LogP contribution is 2.30. The van der Waals surface area contributed by atoms with Crippen molar-refractivity contribution in [1.82, 2.24) is 19.9 Å². The molecule has 1 atom stereocenters. The largest absolute Gasteiger partial charge is 0.434 e. The summed E-state index contributed by atoms with van der Waals surface area (Å²) < 4.78 is 53.0. The molecule has 0 spiro atoms. The van der Waals surface area contributed by atoms with Crippen LogP contribution in [0.2, 0.25) is 0 Å². The molecule has 2 aromatic heterocycles. The highest BCUT2D eigenvalue weighted by Gasteiger charge is 2.35. The van der Waals surface area contributed by atoms with Gasteiger partial charge in [0.1, 0.15) is 5.82 Å². The van der Waals surface area contributed by atoms with E-state index in [-0.39, 0.29) is 18.0 Å². The fourth-order valence-corrected chi connectivity index (χ4v) is 2.71. The number of carbonyl (C=O) groups is 1. The van der Waals surface area contributed by atoms with Crippen molar-refractivity contribution in [2.75, 3.05) is 6.54 Å². The van der Waals surface area contributed by atoms with E-state index >= 15 is 0 Å². The Labute approximate surface area is 134 Å². The Balaban J connectivity index is 1.61. The number of halogens is 4. The summed E-state index contributed by atoms with van der Waals surface area (Å²) in [5.41, 5.74) is -1.01. The SMILES string of the molecule is O=C(NC[C@H]1CCc2nc(C(F)(F)F)cn2C1)c1ccncc1F. The van der Waals surface area contributed by atoms with E-state index in [0.29, 0.717) is 25.2 Å². The van der Waals surface area contributed by atoms with Crippen LogP contribution in [0.15, 0.2) is 24.7 Å².